The molecule has 1 aliphatic rings. The largest absolute Gasteiger partial charge is 0.481 e. The van der Waals surface area contributed by atoms with E-state index in [1.165, 1.54) is 6.20 Å². The average molecular weight is 255 g/mol. The van der Waals surface area contributed by atoms with Crippen LogP contribution in [0.4, 0.5) is 0 Å². The molecule has 0 saturated heterocycles. The molecule has 1 aliphatic heterocycles. The maximum Gasteiger partial charge on any atom is 0.273 e. The first kappa shape index (κ1) is 11.6. The van der Waals surface area contributed by atoms with Gasteiger partial charge in [-0.05, 0) is 26.0 Å². The molecule has 2 aromatic rings. The van der Waals surface area contributed by atoms with E-state index in [-0.39, 0.29) is 5.56 Å². The summed E-state index contributed by atoms with van der Waals surface area (Å²) in [6.07, 6.45) is 9.81. The number of ether oxygens (including phenoxy) is 1. The van der Waals surface area contributed by atoms with Gasteiger partial charge >= 0.3 is 0 Å². The Bertz CT molecular complexity index is 716. The number of hydrogen-bond acceptors (Lipinski definition) is 4. The predicted molar refractivity (Wildman–Crippen MR) is 70.8 cm³/mol. The second-order valence-corrected chi connectivity index (χ2v) is 4.89. The summed E-state index contributed by atoms with van der Waals surface area (Å²) in [5.74, 6) is 0.675. The SMILES string of the molecule is CC1(C)C=C(n2ccncc2=O)c2ccncc2O1. The van der Waals surface area contributed by atoms with E-state index in [2.05, 4.69) is 9.97 Å². The smallest absolute Gasteiger partial charge is 0.273 e. The van der Waals surface area contributed by atoms with E-state index in [1.54, 1.807) is 29.4 Å². The lowest BCUT2D eigenvalue weighted by atomic mass is 10.00. The van der Waals surface area contributed by atoms with Crippen molar-refractivity contribution in [2.75, 3.05) is 0 Å². The number of aromatic nitrogens is 3. The third kappa shape index (κ3) is 2.03. The van der Waals surface area contributed by atoms with Gasteiger partial charge in [0.1, 0.15) is 11.4 Å². The minimum Gasteiger partial charge on any atom is -0.481 e. The highest BCUT2D eigenvalue weighted by Gasteiger charge is 2.27. The average Bonchev–Trinajstić information content (AvgIpc) is 2.37. The minimum atomic E-state index is -0.492. The predicted octanol–water partition coefficient (Wildman–Crippen LogP) is 1.70. The molecule has 5 nitrogen and oxygen atoms in total. The highest BCUT2D eigenvalue weighted by atomic mass is 16.5. The van der Waals surface area contributed by atoms with Gasteiger partial charge < -0.3 is 4.74 Å². The molecule has 0 bridgehead atoms. The Morgan fingerprint density at radius 3 is 2.79 bits per heavy atom. The van der Waals surface area contributed by atoms with E-state index in [0.717, 1.165) is 11.3 Å². The van der Waals surface area contributed by atoms with Gasteiger partial charge in [0.15, 0.2) is 0 Å². The Morgan fingerprint density at radius 1 is 1.21 bits per heavy atom. The van der Waals surface area contributed by atoms with E-state index < -0.39 is 5.60 Å². The van der Waals surface area contributed by atoms with Crippen molar-refractivity contribution in [2.45, 2.75) is 19.4 Å². The maximum atomic E-state index is 11.9. The Balaban J connectivity index is 2.27. The maximum absolute atomic E-state index is 11.9. The molecule has 19 heavy (non-hydrogen) atoms. The molecule has 0 saturated carbocycles. The molecule has 0 unspecified atom stereocenters. The molecule has 3 rings (SSSR count). The molecule has 0 radical (unpaired) electrons. The minimum absolute atomic E-state index is 0.172. The van der Waals surface area contributed by atoms with E-state index in [4.69, 9.17) is 4.74 Å². The molecule has 0 fully saturated rings. The van der Waals surface area contributed by atoms with Crippen LogP contribution in [0.25, 0.3) is 5.70 Å². The highest BCUT2D eigenvalue weighted by molar-refractivity contribution is 5.72. The van der Waals surface area contributed by atoms with Gasteiger partial charge in [-0.1, -0.05) is 0 Å². The summed E-state index contributed by atoms with van der Waals surface area (Å²) < 4.78 is 7.41. The molecule has 0 N–H and O–H groups in total. The van der Waals surface area contributed by atoms with Crippen molar-refractivity contribution < 1.29 is 4.74 Å². The number of fused-ring (bicyclic) bond motifs is 1. The lowest BCUT2D eigenvalue weighted by Crippen LogP contribution is -2.32. The van der Waals surface area contributed by atoms with Crippen LogP contribution in [0.15, 0.2) is 47.9 Å². The second-order valence-electron chi connectivity index (χ2n) is 4.89. The van der Waals surface area contributed by atoms with Crippen LogP contribution in [0.5, 0.6) is 5.75 Å². The zero-order valence-electron chi connectivity index (χ0n) is 10.7. The molecule has 5 heteroatoms. The van der Waals surface area contributed by atoms with Crippen LogP contribution in [0.2, 0.25) is 0 Å². The second kappa shape index (κ2) is 4.05. The zero-order valence-corrected chi connectivity index (χ0v) is 10.7. The first-order valence-electron chi connectivity index (χ1n) is 5.96. The van der Waals surface area contributed by atoms with Crippen molar-refractivity contribution >= 4 is 5.70 Å². The standard InChI is InChI=1S/C14H13N3O2/c1-14(2)7-11(17-6-5-16-9-13(17)18)10-3-4-15-8-12(10)19-14/h3-9H,1-2H3. The molecule has 0 aromatic carbocycles. The van der Waals surface area contributed by atoms with Gasteiger partial charge in [0, 0.05) is 24.2 Å². The summed E-state index contributed by atoms with van der Waals surface area (Å²) in [5, 5.41) is 0. The molecule has 0 spiro atoms. The van der Waals surface area contributed by atoms with Crippen molar-refractivity contribution in [3.05, 3.63) is 59.0 Å². The van der Waals surface area contributed by atoms with Crippen molar-refractivity contribution in [3.8, 4) is 5.75 Å². The Morgan fingerprint density at radius 2 is 2.00 bits per heavy atom. The first-order valence-corrected chi connectivity index (χ1v) is 5.96. The van der Waals surface area contributed by atoms with Gasteiger partial charge in [-0.3, -0.25) is 19.3 Å². The van der Waals surface area contributed by atoms with E-state index in [1.807, 2.05) is 26.0 Å². The van der Waals surface area contributed by atoms with Crippen LogP contribution in [0, 0.1) is 0 Å². The summed E-state index contributed by atoms with van der Waals surface area (Å²) in [4.78, 5) is 19.8. The fourth-order valence-electron chi connectivity index (χ4n) is 2.14. The molecule has 3 heterocycles. The van der Waals surface area contributed by atoms with Gasteiger partial charge in [0.25, 0.3) is 5.56 Å². The molecule has 2 aromatic heterocycles. The summed E-state index contributed by atoms with van der Waals surface area (Å²) in [5.41, 5.74) is 0.978. The molecule has 96 valence electrons. The molecule has 0 atom stereocenters. The molecule has 0 aliphatic carbocycles. The van der Waals surface area contributed by atoms with Crippen LogP contribution in [0.1, 0.15) is 19.4 Å². The van der Waals surface area contributed by atoms with Crippen molar-refractivity contribution in [1.82, 2.24) is 14.5 Å². The fourth-order valence-corrected chi connectivity index (χ4v) is 2.14. The third-order valence-corrected chi connectivity index (χ3v) is 2.90. The molecular weight excluding hydrogens is 242 g/mol. The van der Waals surface area contributed by atoms with E-state index >= 15 is 0 Å². The number of nitrogens with zero attached hydrogens (tertiary/aromatic N) is 3. The van der Waals surface area contributed by atoms with Gasteiger partial charge in [0.2, 0.25) is 0 Å². The summed E-state index contributed by atoms with van der Waals surface area (Å²) in [7, 11) is 0. The summed E-state index contributed by atoms with van der Waals surface area (Å²) in [6.45, 7) is 3.88. The van der Waals surface area contributed by atoms with Crippen LogP contribution in [-0.4, -0.2) is 20.1 Å². The van der Waals surface area contributed by atoms with Crippen molar-refractivity contribution in [3.63, 3.8) is 0 Å². The zero-order chi connectivity index (χ0) is 13.5. The van der Waals surface area contributed by atoms with Gasteiger partial charge in [0.05, 0.1) is 18.1 Å². The Hall–Kier alpha value is -2.43. The van der Waals surface area contributed by atoms with Crippen LogP contribution in [-0.2, 0) is 0 Å². The Labute approximate surface area is 110 Å². The number of hydrogen-bond donors (Lipinski definition) is 0. The topological polar surface area (TPSA) is 57.0 Å². The summed E-state index contributed by atoms with van der Waals surface area (Å²) >= 11 is 0. The van der Waals surface area contributed by atoms with Gasteiger partial charge in [-0.2, -0.15) is 0 Å². The van der Waals surface area contributed by atoms with E-state index in [0.29, 0.717) is 5.75 Å². The van der Waals surface area contributed by atoms with Crippen LogP contribution >= 0.6 is 0 Å². The van der Waals surface area contributed by atoms with Crippen molar-refractivity contribution in [2.24, 2.45) is 0 Å². The molecule has 0 amide bonds. The van der Waals surface area contributed by atoms with Gasteiger partial charge in [-0.25, -0.2) is 0 Å². The van der Waals surface area contributed by atoms with Crippen LogP contribution < -0.4 is 10.3 Å². The molecular formula is C14H13N3O2. The monoisotopic (exact) mass is 255 g/mol. The fraction of sp³-hybridized carbons (Fsp3) is 0.214. The van der Waals surface area contributed by atoms with Crippen molar-refractivity contribution in [1.29, 1.82) is 0 Å². The lowest BCUT2D eigenvalue weighted by molar-refractivity contribution is 0.156. The van der Waals surface area contributed by atoms with Gasteiger partial charge in [-0.15, -0.1) is 0 Å². The third-order valence-electron chi connectivity index (χ3n) is 2.90. The quantitative estimate of drug-likeness (QED) is 0.778. The number of rotatable bonds is 1. The summed E-state index contributed by atoms with van der Waals surface area (Å²) in [6, 6.07) is 1.84. The lowest BCUT2D eigenvalue weighted by Gasteiger charge is -2.30. The normalized spacial score (nSPS) is 16.2. The Kier molecular flexibility index (Phi) is 2.48. The van der Waals surface area contributed by atoms with Crippen LogP contribution in [0.3, 0.4) is 0 Å². The number of pyridine rings is 1. The first-order chi connectivity index (χ1) is 9.07. The van der Waals surface area contributed by atoms with E-state index in [9.17, 15) is 4.79 Å². The highest BCUT2D eigenvalue weighted by Crippen LogP contribution is 2.35.